The van der Waals surface area contributed by atoms with Crippen LogP contribution in [0, 0.1) is 11.8 Å². The zero-order valence-electron chi connectivity index (χ0n) is 8.32. The summed E-state index contributed by atoms with van der Waals surface area (Å²) in [7, 11) is 0. The molecule has 0 heterocycles. The predicted molar refractivity (Wildman–Crippen MR) is 55.8 cm³/mol. The molecule has 3 rings (SSSR count). The zero-order valence-corrected chi connectivity index (χ0v) is 8.32. The summed E-state index contributed by atoms with van der Waals surface area (Å²) in [6.07, 6.45) is 4.78. The van der Waals surface area contributed by atoms with Gasteiger partial charge in [0.15, 0.2) is 0 Å². The normalized spacial score (nSPS) is 40.4. The lowest BCUT2D eigenvalue weighted by Gasteiger charge is -2.32. The van der Waals surface area contributed by atoms with E-state index >= 15 is 0 Å². The molecule has 3 unspecified atom stereocenters. The van der Waals surface area contributed by atoms with Crippen LogP contribution >= 0.6 is 0 Å². The smallest absolute Gasteiger partial charge is 0.0927 e. The molecule has 0 aromatic heterocycles. The Balaban J connectivity index is 1.98. The van der Waals surface area contributed by atoms with Crippen molar-refractivity contribution >= 4 is 0 Å². The van der Waals surface area contributed by atoms with E-state index in [1.54, 1.807) is 0 Å². The molecule has 1 N–H and O–H groups in total. The highest BCUT2D eigenvalue weighted by Gasteiger charge is 2.50. The van der Waals surface area contributed by atoms with Gasteiger partial charge in [-0.2, -0.15) is 0 Å². The van der Waals surface area contributed by atoms with E-state index in [1.165, 1.54) is 19.3 Å². The molecule has 2 fully saturated rings. The van der Waals surface area contributed by atoms with E-state index in [0.29, 0.717) is 5.92 Å². The molecule has 2 aliphatic rings. The van der Waals surface area contributed by atoms with Gasteiger partial charge >= 0.3 is 0 Å². The third-order valence-electron chi connectivity index (χ3n) is 4.09. The fraction of sp³-hybridized carbons (Fsp3) is 0.538. The molecule has 1 heteroatoms. The Hall–Kier alpha value is -0.820. The van der Waals surface area contributed by atoms with E-state index < -0.39 is 5.60 Å². The van der Waals surface area contributed by atoms with Crippen LogP contribution in [0.15, 0.2) is 30.3 Å². The fourth-order valence-corrected chi connectivity index (χ4v) is 3.38. The van der Waals surface area contributed by atoms with Crippen LogP contribution in [0.1, 0.15) is 31.2 Å². The molecule has 14 heavy (non-hydrogen) atoms. The summed E-state index contributed by atoms with van der Waals surface area (Å²) in [6, 6.07) is 10.2. The van der Waals surface area contributed by atoms with E-state index in [9.17, 15) is 5.11 Å². The molecule has 3 atom stereocenters. The lowest BCUT2D eigenvalue weighted by atomic mass is 9.79. The highest BCUT2D eigenvalue weighted by atomic mass is 16.3. The van der Waals surface area contributed by atoms with E-state index in [-0.39, 0.29) is 0 Å². The lowest BCUT2D eigenvalue weighted by molar-refractivity contribution is -0.0182. The van der Waals surface area contributed by atoms with E-state index in [0.717, 1.165) is 17.9 Å². The Morgan fingerprint density at radius 3 is 2.50 bits per heavy atom. The van der Waals surface area contributed by atoms with Crippen molar-refractivity contribution in [3.05, 3.63) is 35.9 Å². The molecule has 0 saturated heterocycles. The summed E-state index contributed by atoms with van der Waals surface area (Å²) in [4.78, 5) is 0. The molecule has 2 aliphatic carbocycles. The lowest BCUT2D eigenvalue weighted by Crippen LogP contribution is -2.31. The summed E-state index contributed by atoms with van der Waals surface area (Å²) in [5, 5.41) is 10.7. The number of aliphatic hydroxyl groups is 1. The van der Waals surface area contributed by atoms with Crippen LogP contribution in [0.2, 0.25) is 0 Å². The first-order valence-corrected chi connectivity index (χ1v) is 5.57. The van der Waals surface area contributed by atoms with Crippen molar-refractivity contribution in [3.63, 3.8) is 0 Å². The Morgan fingerprint density at radius 1 is 1.14 bits per heavy atom. The predicted octanol–water partition coefficient (Wildman–Crippen LogP) is 2.69. The molecule has 2 bridgehead atoms. The maximum Gasteiger partial charge on any atom is 0.0927 e. The number of hydrogen-bond donors (Lipinski definition) is 1. The summed E-state index contributed by atoms with van der Waals surface area (Å²) < 4.78 is 0. The fourth-order valence-electron chi connectivity index (χ4n) is 3.38. The van der Waals surface area contributed by atoms with Gasteiger partial charge in [-0.25, -0.2) is 0 Å². The first-order valence-electron chi connectivity index (χ1n) is 5.57. The minimum absolute atomic E-state index is 0.496. The summed E-state index contributed by atoms with van der Waals surface area (Å²) in [5.41, 5.74) is 0.636. The van der Waals surface area contributed by atoms with Crippen LogP contribution in [0.25, 0.3) is 0 Å². The van der Waals surface area contributed by atoms with Crippen molar-refractivity contribution in [1.29, 1.82) is 0 Å². The van der Waals surface area contributed by atoms with Crippen LogP contribution < -0.4 is 0 Å². The highest BCUT2D eigenvalue weighted by molar-refractivity contribution is 5.26. The summed E-state index contributed by atoms with van der Waals surface area (Å²) in [5.74, 6) is 1.31. The number of rotatable bonds is 1. The van der Waals surface area contributed by atoms with Gasteiger partial charge < -0.3 is 5.11 Å². The summed E-state index contributed by atoms with van der Waals surface area (Å²) >= 11 is 0. The maximum absolute atomic E-state index is 10.7. The average molecular weight is 188 g/mol. The second kappa shape index (κ2) is 2.83. The second-order valence-corrected chi connectivity index (χ2v) is 4.87. The number of benzene rings is 1. The van der Waals surface area contributed by atoms with Gasteiger partial charge in [0.05, 0.1) is 5.60 Å². The minimum Gasteiger partial charge on any atom is -0.385 e. The van der Waals surface area contributed by atoms with Crippen molar-refractivity contribution in [2.45, 2.75) is 31.3 Å². The number of hydrogen-bond acceptors (Lipinski definition) is 1. The quantitative estimate of drug-likeness (QED) is 0.718. The van der Waals surface area contributed by atoms with Gasteiger partial charge in [0, 0.05) is 0 Å². The van der Waals surface area contributed by atoms with Gasteiger partial charge in [-0.1, -0.05) is 30.3 Å². The van der Waals surface area contributed by atoms with Crippen LogP contribution in [0.5, 0.6) is 0 Å². The minimum atomic E-state index is -0.496. The first kappa shape index (κ1) is 8.49. The first-order chi connectivity index (χ1) is 6.79. The third kappa shape index (κ3) is 1.05. The van der Waals surface area contributed by atoms with Gasteiger partial charge in [0.25, 0.3) is 0 Å². The molecule has 1 aromatic carbocycles. The van der Waals surface area contributed by atoms with Gasteiger partial charge in [-0.15, -0.1) is 0 Å². The van der Waals surface area contributed by atoms with Gasteiger partial charge in [0.2, 0.25) is 0 Å². The highest BCUT2D eigenvalue weighted by Crippen LogP contribution is 2.55. The molecular formula is C13H16O. The SMILES string of the molecule is OC1(c2ccccc2)CC2CCC1C2. The van der Waals surface area contributed by atoms with Crippen LogP contribution in [0.4, 0.5) is 0 Å². The van der Waals surface area contributed by atoms with Crippen molar-refractivity contribution < 1.29 is 5.11 Å². The molecule has 1 aromatic rings. The topological polar surface area (TPSA) is 20.2 Å². The van der Waals surface area contributed by atoms with Crippen molar-refractivity contribution in [2.75, 3.05) is 0 Å². The maximum atomic E-state index is 10.7. The van der Waals surface area contributed by atoms with Gasteiger partial charge in [-0.3, -0.25) is 0 Å². The Kier molecular flexibility index (Phi) is 1.72. The van der Waals surface area contributed by atoms with E-state index in [2.05, 4.69) is 12.1 Å². The van der Waals surface area contributed by atoms with Crippen molar-refractivity contribution in [3.8, 4) is 0 Å². The van der Waals surface area contributed by atoms with Crippen LogP contribution in [0.3, 0.4) is 0 Å². The second-order valence-electron chi connectivity index (χ2n) is 4.87. The van der Waals surface area contributed by atoms with Crippen LogP contribution in [-0.2, 0) is 5.60 Å². The Morgan fingerprint density at radius 2 is 1.93 bits per heavy atom. The molecule has 0 amide bonds. The standard InChI is InChI=1S/C13H16O/c14-13(11-4-2-1-3-5-11)9-10-6-7-12(13)8-10/h1-5,10,12,14H,6-9H2. The van der Waals surface area contributed by atoms with Gasteiger partial charge in [-0.05, 0) is 43.1 Å². The molecule has 0 aliphatic heterocycles. The Labute approximate surface area is 84.8 Å². The zero-order chi connectivity index (χ0) is 9.60. The van der Waals surface area contributed by atoms with Crippen LogP contribution in [-0.4, -0.2) is 5.11 Å². The number of fused-ring (bicyclic) bond motifs is 2. The molecular weight excluding hydrogens is 172 g/mol. The molecule has 0 spiro atoms. The van der Waals surface area contributed by atoms with E-state index in [4.69, 9.17) is 0 Å². The molecule has 2 saturated carbocycles. The average Bonchev–Trinajstić information content (AvgIpc) is 2.79. The summed E-state index contributed by atoms with van der Waals surface area (Å²) in [6.45, 7) is 0. The largest absolute Gasteiger partial charge is 0.385 e. The van der Waals surface area contributed by atoms with Gasteiger partial charge in [0.1, 0.15) is 0 Å². The Bertz CT molecular complexity index is 332. The molecule has 74 valence electrons. The van der Waals surface area contributed by atoms with Crippen molar-refractivity contribution in [1.82, 2.24) is 0 Å². The monoisotopic (exact) mass is 188 g/mol. The van der Waals surface area contributed by atoms with E-state index in [1.807, 2.05) is 18.2 Å². The molecule has 1 nitrogen and oxygen atoms in total. The molecule has 0 radical (unpaired) electrons. The third-order valence-corrected chi connectivity index (χ3v) is 4.09. The van der Waals surface area contributed by atoms with Crippen molar-refractivity contribution in [2.24, 2.45) is 11.8 Å².